The maximum absolute atomic E-state index is 10.3. The van der Waals surface area contributed by atoms with Crippen molar-refractivity contribution >= 4 is 31.9 Å². The maximum Gasteiger partial charge on any atom is 0.0841 e. The number of hydrogen-bond acceptors (Lipinski definition) is 1. The molecule has 0 aliphatic carbocycles. The molecule has 2 rings (SSSR count). The summed E-state index contributed by atoms with van der Waals surface area (Å²) < 4.78 is 1.93. The van der Waals surface area contributed by atoms with Crippen molar-refractivity contribution in [3.05, 3.63) is 68.1 Å². The van der Waals surface area contributed by atoms with Crippen molar-refractivity contribution in [2.75, 3.05) is 0 Å². The molecule has 0 amide bonds. The van der Waals surface area contributed by atoms with Crippen LogP contribution in [0.4, 0.5) is 0 Å². The molecule has 1 nitrogen and oxygen atoms in total. The summed E-state index contributed by atoms with van der Waals surface area (Å²) in [7, 11) is 0. The molecule has 0 aliphatic rings. The molecule has 94 valence electrons. The zero-order valence-electron chi connectivity index (χ0n) is 10.0. The van der Waals surface area contributed by atoms with Crippen molar-refractivity contribution in [1.82, 2.24) is 0 Å². The minimum absolute atomic E-state index is 0.491. The number of aliphatic hydroxyl groups is 1. The van der Waals surface area contributed by atoms with Crippen LogP contribution in [-0.4, -0.2) is 5.11 Å². The van der Waals surface area contributed by atoms with Crippen LogP contribution in [0.15, 0.2) is 51.4 Å². The fourth-order valence-corrected chi connectivity index (χ4v) is 3.14. The predicted molar refractivity (Wildman–Crippen MR) is 81.7 cm³/mol. The summed E-state index contributed by atoms with van der Waals surface area (Å²) in [6.45, 7) is 2.06. The quantitative estimate of drug-likeness (QED) is 0.824. The Balaban J connectivity index is 2.16. The Kier molecular flexibility index (Phi) is 4.60. The molecular weight excluding hydrogens is 356 g/mol. The fraction of sp³-hybridized carbons (Fsp3) is 0.200. The Labute approximate surface area is 124 Å². The van der Waals surface area contributed by atoms with E-state index >= 15 is 0 Å². The van der Waals surface area contributed by atoms with Crippen LogP contribution in [0, 0.1) is 6.92 Å². The molecule has 0 fully saturated rings. The molecule has 2 aromatic carbocycles. The largest absolute Gasteiger partial charge is 0.388 e. The van der Waals surface area contributed by atoms with Gasteiger partial charge in [-0.3, -0.25) is 0 Å². The summed E-state index contributed by atoms with van der Waals surface area (Å²) in [5.41, 5.74) is 3.29. The Morgan fingerprint density at radius 3 is 2.33 bits per heavy atom. The molecule has 0 radical (unpaired) electrons. The second kappa shape index (κ2) is 6.00. The molecule has 1 N–H and O–H groups in total. The summed E-state index contributed by atoms with van der Waals surface area (Å²) in [5.74, 6) is 0. The highest BCUT2D eigenvalue weighted by atomic mass is 79.9. The van der Waals surface area contributed by atoms with E-state index in [2.05, 4.69) is 63.0 Å². The Hall–Kier alpha value is -0.640. The van der Waals surface area contributed by atoms with Gasteiger partial charge in [0.15, 0.2) is 0 Å². The Bertz CT molecular complexity index is 535. The van der Waals surface area contributed by atoms with Gasteiger partial charge in [-0.15, -0.1) is 0 Å². The molecule has 0 bridgehead atoms. The van der Waals surface area contributed by atoms with Gasteiger partial charge in [-0.2, -0.15) is 0 Å². The van der Waals surface area contributed by atoms with Crippen molar-refractivity contribution in [2.45, 2.75) is 19.4 Å². The summed E-state index contributed by atoms with van der Waals surface area (Å²) in [6.07, 6.45) is 0.135. The van der Waals surface area contributed by atoms with E-state index in [1.807, 2.05) is 18.2 Å². The smallest absolute Gasteiger partial charge is 0.0841 e. The van der Waals surface area contributed by atoms with Crippen LogP contribution in [0.25, 0.3) is 0 Å². The van der Waals surface area contributed by atoms with Crippen molar-refractivity contribution < 1.29 is 5.11 Å². The van der Waals surface area contributed by atoms with Gasteiger partial charge in [-0.05, 0) is 30.2 Å². The van der Waals surface area contributed by atoms with Gasteiger partial charge >= 0.3 is 0 Å². The minimum atomic E-state index is -0.491. The summed E-state index contributed by atoms with van der Waals surface area (Å²) in [6, 6.07) is 14.1. The van der Waals surface area contributed by atoms with Gasteiger partial charge in [0.05, 0.1) is 6.10 Å². The molecule has 0 aliphatic heterocycles. The first-order chi connectivity index (χ1) is 8.56. The van der Waals surface area contributed by atoms with Gasteiger partial charge < -0.3 is 5.11 Å². The molecule has 3 heteroatoms. The number of halogens is 2. The normalized spacial score (nSPS) is 12.4. The molecule has 0 heterocycles. The predicted octanol–water partition coefficient (Wildman–Crippen LogP) is 4.80. The van der Waals surface area contributed by atoms with E-state index in [9.17, 15) is 5.11 Å². The molecule has 0 aromatic heterocycles. The third-order valence-electron chi connectivity index (χ3n) is 2.87. The minimum Gasteiger partial charge on any atom is -0.388 e. The van der Waals surface area contributed by atoms with E-state index in [4.69, 9.17) is 0 Å². The lowest BCUT2D eigenvalue weighted by Gasteiger charge is -2.13. The average Bonchev–Trinajstić information content (AvgIpc) is 2.32. The highest BCUT2D eigenvalue weighted by Gasteiger charge is 2.12. The van der Waals surface area contributed by atoms with Crippen LogP contribution < -0.4 is 0 Å². The van der Waals surface area contributed by atoms with Gasteiger partial charge in [0.25, 0.3) is 0 Å². The van der Waals surface area contributed by atoms with Crippen molar-refractivity contribution in [1.29, 1.82) is 0 Å². The van der Waals surface area contributed by atoms with Crippen LogP contribution in [0.1, 0.15) is 22.8 Å². The SMILES string of the molecule is Cc1ccc(CC(O)c2ccc(Br)cc2Br)cc1. The Morgan fingerprint density at radius 1 is 1.06 bits per heavy atom. The van der Waals surface area contributed by atoms with Crippen molar-refractivity contribution in [3.63, 3.8) is 0 Å². The molecule has 0 saturated carbocycles. The van der Waals surface area contributed by atoms with E-state index in [-0.39, 0.29) is 0 Å². The summed E-state index contributed by atoms with van der Waals surface area (Å²) >= 11 is 6.89. The van der Waals surface area contributed by atoms with Crippen LogP contribution >= 0.6 is 31.9 Å². The number of benzene rings is 2. The van der Waals surface area contributed by atoms with E-state index in [0.717, 1.165) is 20.1 Å². The van der Waals surface area contributed by atoms with Crippen LogP contribution in [0.3, 0.4) is 0 Å². The zero-order chi connectivity index (χ0) is 13.1. The summed E-state index contributed by atoms with van der Waals surface area (Å²) in [5, 5.41) is 10.3. The molecule has 0 spiro atoms. The first-order valence-electron chi connectivity index (χ1n) is 5.75. The second-order valence-electron chi connectivity index (χ2n) is 4.37. The lowest BCUT2D eigenvalue weighted by molar-refractivity contribution is 0.177. The van der Waals surface area contributed by atoms with Crippen LogP contribution in [0.2, 0.25) is 0 Å². The van der Waals surface area contributed by atoms with Crippen molar-refractivity contribution in [2.24, 2.45) is 0 Å². The third kappa shape index (κ3) is 3.44. The van der Waals surface area contributed by atoms with Crippen LogP contribution in [-0.2, 0) is 6.42 Å². The first kappa shape index (κ1) is 13.8. The molecular formula is C15H14Br2O. The van der Waals surface area contributed by atoms with Crippen molar-refractivity contribution in [3.8, 4) is 0 Å². The standard InChI is InChI=1S/C15H14Br2O/c1-10-2-4-11(5-3-10)8-15(18)13-7-6-12(16)9-14(13)17/h2-7,9,15,18H,8H2,1H3. The zero-order valence-corrected chi connectivity index (χ0v) is 13.2. The third-order valence-corrected chi connectivity index (χ3v) is 4.05. The number of rotatable bonds is 3. The topological polar surface area (TPSA) is 20.2 Å². The lowest BCUT2D eigenvalue weighted by Crippen LogP contribution is -2.02. The maximum atomic E-state index is 10.3. The van der Waals surface area contributed by atoms with Gasteiger partial charge in [0.1, 0.15) is 0 Å². The summed E-state index contributed by atoms with van der Waals surface area (Å²) in [4.78, 5) is 0. The lowest BCUT2D eigenvalue weighted by atomic mass is 10.0. The van der Waals surface area contributed by atoms with E-state index < -0.39 is 6.10 Å². The molecule has 2 aromatic rings. The van der Waals surface area contributed by atoms with E-state index in [1.165, 1.54) is 5.56 Å². The number of aryl methyl sites for hydroxylation is 1. The molecule has 18 heavy (non-hydrogen) atoms. The van der Waals surface area contributed by atoms with Crippen LogP contribution in [0.5, 0.6) is 0 Å². The fourth-order valence-electron chi connectivity index (χ4n) is 1.83. The molecule has 1 unspecified atom stereocenters. The highest BCUT2D eigenvalue weighted by Crippen LogP contribution is 2.28. The van der Waals surface area contributed by atoms with E-state index in [1.54, 1.807) is 0 Å². The molecule has 1 atom stereocenters. The Morgan fingerprint density at radius 2 is 1.72 bits per heavy atom. The number of aliphatic hydroxyl groups excluding tert-OH is 1. The highest BCUT2D eigenvalue weighted by molar-refractivity contribution is 9.11. The van der Waals surface area contributed by atoms with Gasteiger partial charge in [0, 0.05) is 15.4 Å². The monoisotopic (exact) mass is 368 g/mol. The molecule has 0 saturated heterocycles. The van der Waals surface area contributed by atoms with E-state index in [0.29, 0.717) is 6.42 Å². The van der Waals surface area contributed by atoms with Gasteiger partial charge in [-0.25, -0.2) is 0 Å². The average molecular weight is 370 g/mol. The van der Waals surface area contributed by atoms with Gasteiger partial charge in [-0.1, -0.05) is 67.8 Å². The number of hydrogen-bond donors (Lipinski definition) is 1. The second-order valence-corrected chi connectivity index (χ2v) is 6.14. The first-order valence-corrected chi connectivity index (χ1v) is 7.33. The van der Waals surface area contributed by atoms with Gasteiger partial charge in [0.2, 0.25) is 0 Å².